The molecule has 2 rings (SSSR count). The normalized spacial score (nSPS) is 10.7. The number of nitrogens with zero attached hydrogens (tertiary/aromatic N) is 4. The summed E-state index contributed by atoms with van der Waals surface area (Å²) in [6.07, 6.45) is 3.54. The van der Waals surface area contributed by atoms with Crippen LogP contribution >= 0.6 is 15.9 Å². The van der Waals surface area contributed by atoms with E-state index in [0.717, 1.165) is 12.2 Å². The van der Waals surface area contributed by atoms with E-state index in [-0.39, 0.29) is 5.91 Å². The lowest BCUT2D eigenvalue weighted by atomic mass is 10.3. The van der Waals surface area contributed by atoms with Crippen molar-refractivity contribution in [1.29, 1.82) is 0 Å². The SMILES string of the molecule is CCn1cc(Br)c(C(=O)Nc2cn(C)nc2C)n1. The number of hydrogen-bond acceptors (Lipinski definition) is 3. The van der Waals surface area contributed by atoms with E-state index in [2.05, 4.69) is 31.4 Å². The second-order valence-corrected chi connectivity index (χ2v) is 4.79. The molecule has 1 amide bonds. The van der Waals surface area contributed by atoms with E-state index in [0.29, 0.717) is 15.9 Å². The first kappa shape index (κ1) is 12.8. The van der Waals surface area contributed by atoms with Crippen molar-refractivity contribution in [3.63, 3.8) is 0 Å². The molecule has 0 bridgehead atoms. The fourth-order valence-electron chi connectivity index (χ4n) is 1.62. The van der Waals surface area contributed by atoms with E-state index in [1.807, 2.05) is 20.9 Å². The van der Waals surface area contributed by atoms with Gasteiger partial charge in [0, 0.05) is 26.0 Å². The van der Waals surface area contributed by atoms with Crippen LogP contribution in [0.3, 0.4) is 0 Å². The van der Waals surface area contributed by atoms with Crippen molar-refractivity contribution in [2.24, 2.45) is 7.05 Å². The molecule has 0 aliphatic heterocycles. The highest BCUT2D eigenvalue weighted by molar-refractivity contribution is 9.10. The maximum absolute atomic E-state index is 12.1. The monoisotopic (exact) mass is 311 g/mol. The van der Waals surface area contributed by atoms with Gasteiger partial charge < -0.3 is 5.32 Å². The number of anilines is 1. The van der Waals surface area contributed by atoms with Gasteiger partial charge in [-0.05, 0) is 29.8 Å². The van der Waals surface area contributed by atoms with Crippen molar-refractivity contribution < 1.29 is 4.79 Å². The van der Waals surface area contributed by atoms with Crippen molar-refractivity contribution in [2.45, 2.75) is 20.4 Å². The van der Waals surface area contributed by atoms with Gasteiger partial charge in [0.05, 0.1) is 15.9 Å². The lowest BCUT2D eigenvalue weighted by Crippen LogP contribution is -2.14. The smallest absolute Gasteiger partial charge is 0.277 e. The molecule has 2 aromatic rings. The summed E-state index contributed by atoms with van der Waals surface area (Å²) < 4.78 is 4.04. The van der Waals surface area contributed by atoms with Gasteiger partial charge in [0.2, 0.25) is 0 Å². The Morgan fingerprint density at radius 3 is 2.67 bits per heavy atom. The van der Waals surface area contributed by atoms with Crippen LogP contribution in [0.1, 0.15) is 23.1 Å². The summed E-state index contributed by atoms with van der Waals surface area (Å²) in [5, 5.41) is 11.2. The van der Waals surface area contributed by atoms with Crippen LogP contribution < -0.4 is 5.32 Å². The van der Waals surface area contributed by atoms with Gasteiger partial charge in [0.25, 0.3) is 5.91 Å². The van der Waals surface area contributed by atoms with Gasteiger partial charge >= 0.3 is 0 Å². The maximum Gasteiger partial charge on any atom is 0.277 e. The summed E-state index contributed by atoms with van der Waals surface area (Å²) >= 11 is 3.33. The minimum atomic E-state index is -0.245. The Morgan fingerprint density at radius 1 is 1.44 bits per heavy atom. The Kier molecular flexibility index (Phi) is 3.51. The van der Waals surface area contributed by atoms with E-state index in [1.165, 1.54) is 0 Å². The van der Waals surface area contributed by atoms with Gasteiger partial charge in [-0.25, -0.2) is 0 Å². The third kappa shape index (κ3) is 2.45. The number of aromatic nitrogens is 4. The highest BCUT2D eigenvalue weighted by Gasteiger charge is 2.16. The zero-order valence-corrected chi connectivity index (χ0v) is 12.0. The molecule has 2 aromatic heterocycles. The average Bonchev–Trinajstić information content (AvgIpc) is 2.82. The number of amides is 1. The zero-order valence-electron chi connectivity index (χ0n) is 10.4. The van der Waals surface area contributed by atoms with Crippen LogP contribution in [-0.2, 0) is 13.6 Å². The molecule has 2 heterocycles. The highest BCUT2D eigenvalue weighted by atomic mass is 79.9. The van der Waals surface area contributed by atoms with Crippen LogP contribution in [0.15, 0.2) is 16.9 Å². The van der Waals surface area contributed by atoms with Crippen molar-refractivity contribution >= 4 is 27.5 Å². The number of rotatable bonds is 3. The van der Waals surface area contributed by atoms with Gasteiger partial charge in [-0.2, -0.15) is 10.2 Å². The fourth-order valence-corrected chi connectivity index (χ4v) is 2.11. The molecule has 6 nitrogen and oxygen atoms in total. The van der Waals surface area contributed by atoms with Gasteiger partial charge in [0.15, 0.2) is 5.69 Å². The molecule has 0 spiro atoms. The first-order chi connectivity index (χ1) is 8.51. The number of nitrogens with one attached hydrogen (secondary N) is 1. The molecule has 0 unspecified atom stereocenters. The molecule has 18 heavy (non-hydrogen) atoms. The molecule has 1 N–H and O–H groups in total. The summed E-state index contributed by atoms with van der Waals surface area (Å²) in [5.41, 5.74) is 1.84. The van der Waals surface area contributed by atoms with Crippen molar-refractivity contribution in [3.8, 4) is 0 Å². The van der Waals surface area contributed by atoms with Crippen molar-refractivity contribution in [1.82, 2.24) is 19.6 Å². The second kappa shape index (κ2) is 4.93. The molecule has 0 saturated heterocycles. The van der Waals surface area contributed by atoms with Crippen LogP contribution in [0.25, 0.3) is 0 Å². The highest BCUT2D eigenvalue weighted by Crippen LogP contribution is 2.18. The summed E-state index contributed by atoms with van der Waals surface area (Å²) in [5.74, 6) is -0.245. The first-order valence-corrected chi connectivity index (χ1v) is 6.35. The van der Waals surface area contributed by atoms with Crippen molar-refractivity contribution in [3.05, 3.63) is 28.3 Å². The lowest BCUT2D eigenvalue weighted by Gasteiger charge is -2.01. The minimum Gasteiger partial charge on any atom is -0.318 e. The zero-order chi connectivity index (χ0) is 13.3. The third-order valence-electron chi connectivity index (χ3n) is 2.52. The quantitative estimate of drug-likeness (QED) is 0.942. The second-order valence-electron chi connectivity index (χ2n) is 3.94. The topological polar surface area (TPSA) is 64.7 Å². The molecule has 0 saturated carbocycles. The largest absolute Gasteiger partial charge is 0.318 e. The number of hydrogen-bond donors (Lipinski definition) is 1. The number of carbonyl (C=O) groups is 1. The van der Waals surface area contributed by atoms with Gasteiger partial charge in [-0.1, -0.05) is 0 Å². The molecule has 0 aliphatic carbocycles. The summed E-state index contributed by atoms with van der Waals surface area (Å²) in [7, 11) is 1.81. The summed E-state index contributed by atoms with van der Waals surface area (Å²) in [6, 6.07) is 0. The van der Waals surface area contributed by atoms with Crippen LogP contribution in [0, 0.1) is 6.92 Å². The number of halogens is 1. The molecule has 0 aromatic carbocycles. The van der Waals surface area contributed by atoms with Gasteiger partial charge in [-0.3, -0.25) is 14.2 Å². The Hall–Kier alpha value is -1.63. The summed E-state index contributed by atoms with van der Waals surface area (Å²) in [6.45, 7) is 4.53. The predicted octanol–water partition coefficient (Wildman–Crippen LogP) is 1.96. The maximum atomic E-state index is 12.1. The molecule has 0 atom stereocenters. The first-order valence-electron chi connectivity index (χ1n) is 5.55. The molecular formula is C11H14BrN5O. The average molecular weight is 312 g/mol. The molecule has 7 heteroatoms. The van der Waals surface area contributed by atoms with Gasteiger partial charge in [0.1, 0.15) is 0 Å². The van der Waals surface area contributed by atoms with Crippen LogP contribution in [0.4, 0.5) is 5.69 Å². The van der Waals surface area contributed by atoms with E-state index >= 15 is 0 Å². The Morgan fingerprint density at radius 2 is 2.17 bits per heavy atom. The van der Waals surface area contributed by atoms with Gasteiger partial charge in [-0.15, -0.1) is 0 Å². The van der Waals surface area contributed by atoms with E-state index in [4.69, 9.17) is 0 Å². The molecule has 0 aliphatic rings. The molecular weight excluding hydrogens is 298 g/mol. The minimum absolute atomic E-state index is 0.245. The Bertz CT molecular complexity index is 586. The summed E-state index contributed by atoms with van der Waals surface area (Å²) in [4.78, 5) is 12.1. The lowest BCUT2D eigenvalue weighted by molar-refractivity contribution is 0.102. The molecule has 96 valence electrons. The van der Waals surface area contributed by atoms with Crippen molar-refractivity contribution in [2.75, 3.05) is 5.32 Å². The third-order valence-corrected chi connectivity index (χ3v) is 3.10. The number of carbonyl (C=O) groups excluding carboxylic acids is 1. The fraction of sp³-hybridized carbons (Fsp3) is 0.364. The molecule has 0 fully saturated rings. The predicted molar refractivity (Wildman–Crippen MR) is 71.5 cm³/mol. The van der Waals surface area contributed by atoms with Crippen LogP contribution in [0.2, 0.25) is 0 Å². The standard InChI is InChI=1S/C11H14BrN5O/c1-4-17-5-8(12)10(15-17)11(18)13-9-6-16(3)14-7(9)2/h5-6H,4H2,1-3H3,(H,13,18). The Balaban J connectivity index is 2.21. The van der Waals surface area contributed by atoms with E-state index in [1.54, 1.807) is 21.8 Å². The van der Waals surface area contributed by atoms with E-state index in [9.17, 15) is 4.79 Å². The van der Waals surface area contributed by atoms with Crippen LogP contribution in [0.5, 0.6) is 0 Å². The van der Waals surface area contributed by atoms with E-state index < -0.39 is 0 Å². The van der Waals surface area contributed by atoms with Crippen LogP contribution in [-0.4, -0.2) is 25.5 Å². The molecule has 0 radical (unpaired) electrons. The number of aryl methyl sites for hydroxylation is 3. The Labute approximate surface area is 113 Å².